The number of rotatable bonds is 4. The van der Waals surface area contributed by atoms with Gasteiger partial charge < -0.3 is 9.84 Å². The highest BCUT2D eigenvalue weighted by Crippen LogP contribution is 2.32. The summed E-state index contributed by atoms with van der Waals surface area (Å²) in [5, 5.41) is 10.00. The van der Waals surface area contributed by atoms with Crippen LogP contribution in [-0.4, -0.2) is 20.6 Å². The fraction of sp³-hybridized carbons (Fsp3) is 0.0769. The molecule has 0 aliphatic carbocycles. The monoisotopic (exact) mass is 391 g/mol. The van der Waals surface area contributed by atoms with Crippen molar-refractivity contribution in [1.82, 2.24) is 0 Å². The van der Waals surface area contributed by atoms with E-state index in [1.165, 1.54) is 37.4 Å². The van der Waals surface area contributed by atoms with Gasteiger partial charge in [-0.15, -0.1) is 0 Å². The van der Waals surface area contributed by atoms with Crippen molar-refractivity contribution in [3.63, 3.8) is 0 Å². The van der Waals surface area contributed by atoms with E-state index in [2.05, 4.69) is 20.7 Å². The summed E-state index contributed by atoms with van der Waals surface area (Å²) in [6, 6.07) is 8.67. The Kier molecular flexibility index (Phi) is 4.65. The van der Waals surface area contributed by atoms with Crippen molar-refractivity contribution >= 4 is 43.2 Å². The Labute approximate surface area is 135 Å². The Hall–Kier alpha value is -1.44. The van der Waals surface area contributed by atoms with Crippen LogP contribution in [0.3, 0.4) is 0 Å². The van der Waals surface area contributed by atoms with Crippen molar-refractivity contribution in [3.05, 3.63) is 45.9 Å². The molecule has 112 valence electrons. The minimum Gasteiger partial charge on any atom is -0.506 e. The van der Waals surface area contributed by atoms with E-state index in [1.54, 1.807) is 6.07 Å². The molecule has 2 rings (SSSR count). The fourth-order valence-corrected chi connectivity index (χ4v) is 3.60. The molecule has 0 saturated heterocycles. The van der Waals surface area contributed by atoms with E-state index in [9.17, 15) is 13.5 Å². The van der Waals surface area contributed by atoms with Gasteiger partial charge in [0.2, 0.25) is 0 Å². The van der Waals surface area contributed by atoms with Crippen LogP contribution in [0.5, 0.6) is 11.5 Å². The first kappa shape index (κ1) is 15.9. The molecule has 0 amide bonds. The van der Waals surface area contributed by atoms with Gasteiger partial charge in [-0.05, 0) is 36.4 Å². The average molecular weight is 393 g/mol. The molecule has 2 N–H and O–H groups in total. The molecule has 0 heterocycles. The average Bonchev–Trinajstić information content (AvgIpc) is 2.42. The van der Waals surface area contributed by atoms with Crippen molar-refractivity contribution in [2.24, 2.45) is 0 Å². The van der Waals surface area contributed by atoms with Crippen LogP contribution in [0, 0.1) is 0 Å². The van der Waals surface area contributed by atoms with Crippen LogP contribution in [-0.2, 0) is 10.0 Å². The molecule has 8 heteroatoms. The number of sulfonamides is 1. The van der Waals surface area contributed by atoms with Crippen LogP contribution in [0.4, 0.5) is 5.69 Å². The van der Waals surface area contributed by atoms with Crippen LogP contribution in [0.2, 0.25) is 5.02 Å². The number of benzene rings is 2. The SMILES string of the molecule is COc1ccc(Br)cc1S(=O)(=O)Nc1cc(Cl)ccc1O. The molecule has 0 saturated carbocycles. The van der Waals surface area contributed by atoms with Crippen LogP contribution in [0.1, 0.15) is 0 Å². The van der Waals surface area contributed by atoms with Crippen LogP contribution < -0.4 is 9.46 Å². The Morgan fingerprint density at radius 2 is 1.95 bits per heavy atom. The van der Waals surface area contributed by atoms with Gasteiger partial charge in [0.05, 0.1) is 12.8 Å². The lowest BCUT2D eigenvalue weighted by Crippen LogP contribution is -2.14. The highest BCUT2D eigenvalue weighted by molar-refractivity contribution is 9.10. The minimum atomic E-state index is -3.94. The van der Waals surface area contributed by atoms with Crippen molar-refractivity contribution in [2.75, 3.05) is 11.8 Å². The van der Waals surface area contributed by atoms with Crippen LogP contribution >= 0.6 is 27.5 Å². The molecule has 0 bridgehead atoms. The van der Waals surface area contributed by atoms with Gasteiger partial charge in [-0.2, -0.15) is 0 Å². The van der Waals surface area contributed by atoms with Gasteiger partial charge in [-0.1, -0.05) is 27.5 Å². The number of ether oxygens (including phenoxy) is 1. The lowest BCUT2D eigenvalue weighted by atomic mass is 10.3. The van der Waals surface area contributed by atoms with Gasteiger partial charge in [0.1, 0.15) is 16.4 Å². The summed E-state index contributed by atoms with van der Waals surface area (Å²) in [6.07, 6.45) is 0. The zero-order valence-corrected chi connectivity index (χ0v) is 14.0. The molecule has 5 nitrogen and oxygen atoms in total. The van der Waals surface area contributed by atoms with E-state index in [1.807, 2.05) is 0 Å². The van der Waals surface area contributed by atoms with E-state index in [0.29, 0.717) is 9.50 Å². The Balaban J connectivity index is 2.48. The lowest BCUT2D eigenvalue weighted by Gasteiger charge is -2.13. The van der Waals surface area contributed by atoms with Crippen LogP contribution in [0.15, 0.2) is 45.8 Å². The maximum absolute atomic E-state index is 12.4. The van der Waals surface area contributed by atoms with E-state index in [-0.39, 0.29) is 22.1 Å². The van der Waals surface area contributed by atoms with E-state index in [0.717, 1.165) is 0 Å². The van der Waals surface area contributed by atoms with Crippen molar-refractivity contribution in [3.8, 4) is 11.5 Å². The maximum atomic E-state index is 12.4. The molecule has 0 aliphatic heterocycles. The summed E-state index contributed by atoms with van der Waals surface area (Å²) in [7, 11) is -2.57. The van der Waals surface area contributed by atoms with Crippen molar-refractivity contribution in [2.45, 2.75) is 4.90 Å². The smallest absolute Gasteiger partial charge is 0.265 e. The highest BCUT2D eigenvalue weighted by Gasteiger charge is 2.21. The molecular formula is C13H11BrClNO4S. The number of phenols is 1. The third-order valence-electron chi connectivity index (χ3n) is 2.62. The number of phenolic OH excluding ortho intramolecular Hbond substituents is 1. The first-order valence-corrected chi connectivity index (χ1v) is 8.34. The molecule has 0 unspecified atom stereocenters. The highest BCUT2D eigenvalue weighted by atomic mass is 79.9. The van der Waals surface area contributed by atoms with E-state index in [4.69, 9.17) is 16.3 Å². The van der Waals surface area contributed by atoms with E-state index >= 15 is 0 Å². The second-order valence-electron chi connectivity index (χ2n) is 4.06. The number of hydrogen-bond acceptors (Lipinski definition) is 4. The van der Waals surface area contributed by atoms with Gasteiger partial charge in [-0.25, -0.2) is 8.42 Å². The van der Waals surface area contributed by atoms with Crippen LogP contribution in [0.25, 0.3) is 0 Å². The minimum absolute atomic E-state index is 0.00970. The summed E-state index contributed by atoms with van der Waals surface area (Å²) in [6.45, 7) is 0. The number of hydrogen-bond donors (Lipinski definition) is 2. The third kappa shape index (κ3) is 3.61. The fourth-order valence-electron chi connectivity index (χ4n) is 1.65. The second kappa shape index (κ2) is 6.13. The topological polar surface area (TPSA) is 75.6 Å². The van der Waals surface area contributed by atoms with Gasteiger partial charge in [0.15, 0.2) is 0 Å². The normalized spacial score (nSPS) is 11.2. The predicted octanol–water partition coefficient (Wildman–Crippen LogP) is 3.62. The largest absolute Gasteiger partial charge is 0.506 e. The Morgan fingerprint density at radius 1 is 1.24 bits per heavy atom. The number of methoxy groups -OCH3 is 1. The summed E-state index contributed by atoms with van der Waals surface area (Å²) >= 11 is 9.01. The maximum Gasteiger partial charge on any atom is 0.265 e. The molecule has 0 aromatic heterocycles. The summed E-state index contributed by atoms with van der Waals surface area (Å²) < 4.78 is 32.8. The molecule has 0 atom stereocenters. The molecule has 0 fully saturated rings. The standard InChI is InChI=1S/C13H11BrClNO4S/c1-20-12-5-2-8(14)6-13(12)21(18,19)16-10-7-9(15)3-4-11(10)17/h2-7,16-17H,1H3. The predicted molar refractivity (Wildman–Crippen MR) is 84.6 cm³/mol. The lowest BCUT2D eigenvalue weighted by molar-refractivity contribution is 0.402. The molecule has 0 radical (unpaired) electrons. The van der Waals surface area contributed by atoms with Crippen molar-refractivity contribution < 1.29 is 18.3 Å². The zero-order chi connectivity index (χ0) is 15.6. The first-order valence-electron chi connectivity index (χ1n) is 5.68. The summed E-state index contributed by atoms with van der Waals surface area (Å²) in [5.41, 5.74) is -0.00970. The second-order valence-corrected chi connectivity index (χ2v) is 7.07. The molecule has 0 spiro atoms. The first-order chi connectivity index (χ1) is 9.83. The number of aromatic hydroxyl groups is 1. The summed E-state index contributed by atoms with van der Waals surface area (Å²) in [4.78, 5) is -0.0567. The Morgan fingerprint density at radius 3 is 2.62 bits per heavy atom. The van der Waals surface area contributed by atoms with Gasteiger partial charge in [0.25, 0.3) is 10.0 Å². The van der Waals surface area contributed by atoms with Crippen molar-refractivity contribution in [1.29, 1.82) is 0 Å². The zero-order valence-electron chi connectivity index (χ0n) is 10.8. The summed E-state index contributed by atoms with van der Waals surface area (Å²) in [5.74, 6) is -0.0378. The quantitative estimate of drug-likeness (QED) is 0.779. The molecule has 21 heavy (non-hydrogen) atoms. The molecule has 2 aromatic rings. The number of halogens is 2. The third-order valence-corrected chi connectivity index (χ3v) is 4.73. The van der Waals surface area contributed by atoms with Gasteiger partial charge in [0, 0.05) is 9.50 Å². The number of anilines is 1. The van der Waals surface area contributed by atoms with Gasteiger partial charge >= 0.3 is 0 Å². The molecule has 0 aliphatic rings. The number of nitrogens with one attached hydrogen (secondary N) is 1. The van der Waals surface area contributed by atoms with E-state index < -0.39 is 10.0 Å². The Bertz CT molecular complexity index is 780. The molecule has 2 aromatic carbocycles. The molecular weight excluding hydrogens is 382 g/mol. The van der Waals surface area contributed by atoms with Gasteiger partial charge in [-0.3, -0.25) is 4.72 Å².